The molecule has 1 aromatic heterocycles. The van der Waals surface area contributed by atoms with E-state index in [1.54, 1.807) is 0 Å². The minimum absolute atomic E-state index is 0.558. The second-order valence-corrected chi connectivity index (χ2v) is 9.48. The van der Waals surface area contributed by atoms with Gasteiger partial charge in [-0.05, 0) is 50.7 Å². The van der Waals surface area contributed by atoms with Crippen molar-refractivity contribution in [3.63, 3.8) is 0 Å². The molecule has 2 heterocycles. The van der Waals surface area contributed by atoms with E-state index in [0.29, 0.717) is 5.92 Å². The SMILES string of the molecule is CC(CN1CCN(Cc2nc(NCCCN(C)C)c3ccccc3n2)CC1)c1ccccc1. The van der Waals surface area contributed by atoms with E-state index in [-0.39, 0.29) is 0 Å². The fourth-order valence-electron chi connectivity index (χ4n) is 4.54. The minimum atomic E-state index is 0.558. The van der Waals surface area contributed by atoms with Crippen molar-refractivity contribution < 1.29 is 0 Å². The summed E-state index contributed by atoms with van der Waals surface area (Å²) in [4.78, 5) is 17.1. The van der Waals surface area contributed by atoms with Gasteiger partial charge in [-0.1, -0.05) is 49.4 Å². The van der Waals surface area contributed by atoms with E-state index in [2.05, 4.69) is 95.6 Å². The fourth-order valence-corrected chi connectivity index (χ4v) is 4.54. The quantitative estimate of drug-likeness (QED) is 0.477. The molecular formula is C27H38N6. The van der Waals surface area contributed by atoms with Gasteiger partial charge < -0.3 is 15.1 Å². The molecule has 3 aromatic rings. The van der Waals surface area contributed by atoms with Crippen LogP contribution in [0.15, 0.2) is 54.6 Å². The first-order chi connectivity index (χ1) is 16.1. The van der Waals surface area contributed by atoms with Gasteiger partial charge in [0.1, 0.15) is 11.6 Å². The Kier molecular flexibility index (Phi) is 8.26. The predicted molar refractivity (Wildman–Crippen MR) is 138 cm³/mol. The molecule has 1 aliphatic rings. The maximum Gasteiger partial charge on any atom is 0.145 e. The second-order valence-electron chi connectivity index (χ2n) is 9.48. The summed E-state index contributed by atoms with van der Waals surface area (Å²) in [5, 5.41) is 4.66. The standard InChI is InChI=1S/C27H38N6/c1-22(23-10-5-4-6-11-23)20-32-16-18-33(19-17-32)21-26-29-25-13-8-7-12-24(25)27(30-26)28-14-9-15-31(2)3/h4-8,10-13,22H,9,14-21H2,1-3H3,(H,28,29,30). The molecule has 0 aliphatic carbocycles. The molecule has 1 aliphatic heterocycles. The first-order valence-electron chi connectivity index (χ1n) is 12.2. The molecule has 0 amide bonds. The second kappa shape index (κ2) is 11.5. The van der Waals surface area contributed by atoms with E-state index in [0.717, 1.165) is 81.3 Å². The highest BCUT2D eigenvalue weighted by atomic mass is 15.3. The molecule has 0 radical (unpaired) electrons. The molecule has 6 heteroatoms. The topological polar surface area (TPSA) is 47.5 Å². The average molecular weight is 447 g/mol. The summed E-state index contributed by atoms with van der Waals surface area (Å²) in [6, 6.07) is 19.2. The van der Waals surface area contributed by atoms with Crippen LogP contribution in [0.1, 0.15) is 30.7 Å². The highest BCUT2D eigenvalue weighted by molar-refractivity contribution is 5.88. The summed E-state index contributed by atoms with van der Waals surface area (Å²) >= 11 is 0. The van der Waals surface area contributed by atoms with Crippen LogP contribution in [-0.4, -0.2) is 84.6 Å². The predicted octanol–water partition coefficient (Wildman–Crippen LogP) is 3.91. The summed E-state index contributed by atoms with van der Waals surface area (Å²) in [7, 11) is 4.22. The first-order valence-corrected chi connectivity index (χ1v) is 12.2. The number of aromatic nitrogens is 2. The van der Waals surface area contributed by atoms with Gasteiger partial charge in [-0.2, -0.15) is 0 Å². The van der Waals surface area contributed by atoms with E-state index in [1.165, 1.54) is 5.56 Å². The van der Waals surface area contributed by atoms with Crippen LogP contribution >= 0.6 is 0 Å². The van der Waals surface area contributed by atoms with Gasteiger partial charge >= 0.3 is 0 Å². The Morgan fingerprint density at radius 3 is 2.36 bits per heavy atom. The van der Waals surface area contributed by atoms with Crippen molar-refractivity contribution in [2.24, 2.45) is 0 Å². The largest absolute Gasteiger partial charge is 0.369 e. The Balaban J connectivity index is 1.34. The zero-order chi connectivity index (χ0) is 23.0. The van der Waals surface area contributed by atoms with Crippen molar-refractivity contribution in [1.29, 1.82) is 0 Å². The zero-order valence-electron chi connectivity index (χ0n) is 20.4. The summed E-state index contributed by atoms with van der Waals surface area (Å²) < 4.78 is 0. The molecular weight excluding hydrogens is 408 g/mol. The van der Waals surface area contributed by atoms with Crippen LogP contribution in [0.3, 0.4) is 0 Å². The number of hydrogen-bond acceptors (Lipinski definition) is 6. The lowest BCUT2D eigenvalue weighted by Crippen LogP contribution is -2.47. The Morgan fingerprint density at radius 1 is 0.909 bits per heavy atom. The van der Waals surface area contributed by atoms with Gasteiger partial charge in [0.2, 0.25) is 0 Å². The van der Waals surface area contributed by atoms with Gasteiger partial charge in [0, 0.05) is 44.7 Å². The summed E-state index contributed by atoms with van der Waals surface area (Å²) in [6.45, 7) is 10.5. The fraction of sp³-hybridized carbons (Fsp3) is 0.481. The Morgan fingerprint density at radius 2 is 1.61 bits per heavy atom. The van der Waals surface area contributed by atoms with Crippen LogP contribution in [0.5, 0.6) is 0 Å². The van der Waals surface area contributed by atoms with Crippen LogP contribution in [0, 0.1) is 0 Å². The molecule has 33 heavy (non-hydrogen) atoms. The van der Waals surface area contributed by atoms with Gasteiger partial charge in [0.15, 0.2) is 0 Å². The van der Waals surface area contributed by atoms with Gasteiger partial charge in [-0.3, -0.25) is 4.90 Å². The lowest BCUT2D eigenvalue weighted by atomic mass is 10.0. The maximum absolute atomic E-state index is 4.93. The molecule has 4 rings (SSSR count). The number of hydrogen-bond donors (Lipinski definition) is 1. The van der Waals surface area contributed by atoms with Crippen molar-refractivity contribution >= 4 is 16.7 Å². The third-order valence-corrected chi connectivity index (χ3v) is 6.45. The number of para-hydroxylation sites is 1. The molecule has 1 fully saturated rings. The van der Waals surface area contributed by atoms with Crippen LogP contribution in [0.2, 0.25) is 0 Å². The highest BCUT2D eigenvalue weighted by Gasteiger charge is 2.20. The van der Waals surface area contributed by atoms with Gasteiger partial charge in [-0.25, -0.2) is 9.97 Å². The van der Waals surface area contributed by atoms with Crippen LogP contribution < -0.4 is 5.32 Å². The normalized spacial score (nSPS) is 16.4. The third-order valence-electron chi connectivity index (χ3n) is 6.45. The summed E-state index contributed by atoms with van der Waals surface area (Å²) in [6.07, 6.45) is 1.09. The average Bonchev–Trinajstić information content (AvgIpc) is 2.83. The molecule has 1 atom stereocenters. The Bertz CT molecular complexity index is 998. The van der Waals surface area contributed by atoms with Gasteiger partial charge in [0.05, 0.1) is 12.1 Å². The number of fused-ring (bicyclic) bond motifs is 1. The van der Waals surface area contributed by atoms with Crippen molar-refractivity contribution in [3.8, 4) is 0 Å². The lowest BCUT2D eigenvalue weighted by molar-refractivity contribution is 0.121. The van der Waals surface area contributed by atoms with Crippen molar-refractivity contribution in [3.05, 3.63) is 66.0 Å². The number of piperazine rings is 1. The monoisotopic (exact) mass is 446 g/mol. The molecule has 176 valence electrons. The molecule has 2 aromatic carbocycles. The van der Waals surface area contributed by atoms with Crippen molar-refractivity contribution in [1.82, 2.24) is 24.7 Å². The van der Waals surface area contributed by atoms with Crippen molar-refractivity contribution in [2.75, 3.05) is 65.2 Å². The van der Waals surface area contributed by atoms with E-state index in [4.69, 9.17) is 9.97 Å². The third kappa shape index (κ3) is 6.73. The highest BCUT2D eigenvalue weighted by Crippen LogP contribution is 2.21. The maximum atomic E-state index is 4.93. The van der Waals surface area contributed by atoms with Crippen molar-refractivity contribution in [2.45, 2.75) is 25.8 Å². The molecule has 1 unspecified atom stereocenters. The summed E-state index contributed by atoms with van der Waals surface area (Å²) in [5.74, 6) is 2.43. The van der Waals surface area contributed by atoms with Crippen LogP contribution in [-0.2, 0) is 6.54 Å². The molecule has 1 saturated heterocycles. The number of nitrogens with one attached hydrogen (secondary N) is 1. The number of nitrogens with zero attached hydrogens (tertiary/aromatic N) is 5. The first kappa shape index (κ1) is 23.6. The molecule has 0 spiro atoms. The van der Waals surface area contributed by atoms with Gasteiger partial charge in [0.25, 0.3) is 0 Å². The van der Waals surface area contributed by atoms with E-state index in [1.807, 2.05) is 0 Å². The number of benzene rings is 2. The number of rotatable bonds is 10. The van der Waals surface area contributed by atoms with Crippen LogP contribution in [0.4, 0.5) is 5.82 Å². The van der Waals surface area contributed by atoms with Gasteiger partial charge in [-0.15, -0.1) is 0 Å². The smallest absolute Gasteiger partial charge is 0.145 e. The molecule has 1 N–H and O–H groups in total. The van der Waals surface area contributed by atoms with Crippen LogP contribution in [0.25, 0.3) is 10.9 Å². The number of anilines is 1. The zero-order valence-corrected chi connectivity index (χ0v) is 20.4. The molecule has 0 bridgehead atoms. The van der Waals surface area contributed by atoms with E-state index < -0.39 is 0 Å². The molecule has 0 saturated carbocycles. The lowest BCUT2D eigenvalue weighted by Gasteiger charge is -2.35. The Hall–Kier alpha value is -2.54. The summed E-state index contributed by atoms with van der Waals surface area (Å²) in [5.41, 5.74) is 2.45. The van der Waals surface area contributed by atoms with E-state index >= 15 is 0 Å². The Labute approximate surface area is 198 Å². The van der Waals surface area contributed by atoms with E-state index in [9.17, 15) is 0 Å². The molecule has 6 nitrogen and oxygen atoms in total. The minimum Gasteiger partial charge on any atom is -0.369 e.